The van der Waals surface area contributed by atoms with E-state index < -0.39 is 62.8 Å². The van der Waals surface area contributed by atoms with E-state index in [1.165, 1.54) is 0 Å². The van der Waals surface area contributed by atoms with Crippen molar-refractivity contribution in [1.82, 2.24) is 5.32 Å². The van der Waals surface area contributed by atoms with Gasteiger partial charge < -0.3 is 43.2 Å². The predicted octanol–water partition coefficient (Wildman–Crippen LogP) is 14.3. The molecule has 6 aliphatic rings. The molecule has 0 aliphatic carbocycles. The largest absolute Gasteiger partial charge is 0.375 e. The van der Waals surface area contributed by atoms with Crippen LogP contribution in [0, 0.1) is 33.0 Å². The van der Waals surface area contributed by atoms with Gasteiger partial charge in [-0.1, -0.05) is 149 Å². The Morgan fingerprint density at radius 3 is 1.48 bits per heavy atom. The third-order valence-corrected chi connectivity index (χ3v) is 19.0. The van der Waals surface area contributed by atoms with Gasteiger partial charge in [0.1, 0.15) is 0 Å². The van der Waals surface area contributed by atoms with E-state index in [2.05, 4.69) is 140 Å². The lowest BCUT2D eigenvalue weighted by atomic mass is 9.65. The standard InChI is InChI=1S/C75H95N5O9/c1-50-59(82-43-52-26-18-14-19-27-52)36-61(84-45-54-30-22-16-23-31-54)67(88-50)73(11)40-57(35-63-72(10,42-66(81)79-63)49-87-70(6,7)8)78-65(73)38-64-71(9,48-86-69(3,4)5)39-56(77-64)34-58-41-74(12,75(13,47-76)80-58)68-62(85-46-55-32-24-17-25-33-55)37-60(51(2)89-68)83-44-53-28-20-15-21-29-53/h14-35,38,50-51,59-62,67-68H,36-37,39-46,48-49H2,1-13H3,(H,79,81)/b56-34-,63-35-,65-38-/t50-,51-,59-,60-,61-,62-,67-,68-,71?,72?,73+,74-,75?/m1/s1. The van der Waals surface area contributed by atoms with Crippen molar-refractivity contribution in [3.8, 4) is 6.07 Å². The van der Waals surface area contributed by atoms with Crippen LogP contribution in [0.1, 0.15) is 151 Å². The first kappa shape index (κ1) is 65.7. The minimum Gasteiger partial charge on any atom is -0.375 e. The fourth-order valence-corrected chi connectivity index (χ4v) is 13.4. The number of allylic oxidation sites excluding steroid dienone is 4. The van der Waals surface area contributed by atoms with Gasteiger partial charge in [-0.25, -0.2) is 0 Å². The van der Waals surface area contributed by atoms with Crippen molar-refractivity contribution in [3.63, 3.8) is 0 Å². The maximum Gasteiger partial charge on any atom is 0.225 e. The van der Waals surface area contributed by atoms with Crippen molar-refractivity contribution in [3.05, 3.63) is 179 Å². The smallest absolute Gasteiger partial charge is 0.225 e. The lowest BCUT2D eigenvalue weighted by molar-refractivity contribution is -0.230. The van der Waals surface area contributed by atoms with Crippen molar-refractivity contribution in [2.24, 2.45) is 36.6 Å². The van der Waals surface area contributed by atoms with Gasteiger partial charge in [-0.2, -0.15) is 5.26 Å². The van der Waals surface area contributed by atoms with Gasteiger partial charge in [0.2, 0.25) is 5.91 Å². The number of hydrogen-bond acceptors (Lipinski definition) is 13. The van der Waals surface area contributed by atoms with Gasteiger partial charge in [0, 0.05) is 83.0 Å². The van der Waals surface area contributed by atoms with Crippen LogP contribution in [0.25, 0.3) is 0 Å². The molecule has 14 nitrogen and oxygen atoms in total. The lowest BCUT2D eigenvalue weighted by Crippen LogP contribution is -2.59. The first-order valence-corrected chi connectivity index (χ1v) is 32.1. The van der Waals surface area contributed by atoms with Crippen LogP contribution in [0.4, 0.5) is 0 Å². The third kappa shape index (κ3) is 15.6. The number of nitrogens with zero attached hydrogens (tertiary/aromatic N) is 4. The van der Waals surface area contributed by atoms with E-state index in [1.807, 2.05) is 100 Å². The van der Waals surface area contributed by atoms with Gasteiger partial charge in [-0.15, -0.1) is 0 Å². The maximum atomic E-state index is 13.4. The molecule has 0 bridgehead atoms. The molecule has 6 heterocycles. The summed E-state index contributed by atoms with van der Waals surface area (Å²) in [6, 6.07) is 43.5. The quantitative estimate of drug-likeness (QED) is 0.0849. The Kier molecular flexibility index (Phi) is 19.9. The highest BCUT2D eigenvalue weighted by molar-refractivity contribution is 6.06. The van der Waals surface area contributed by atoms with Crippen molar-refractivity contribution in [2.75, 3.05) is 13.2 Å². The zero-order valence-corrected chi connectivity index (χ0v) is 54.8. The molecule has 0 aromatic heterocycles. The van der Waals surface area contributed by atoms with E-state index in [9.17, 15) is 10.1 Å². The zero-order chi connectivity index (χ0) is 63.4. The molecule has 10 rings (SSSR count). The number of aliphatic imine (C=N–C) groups is 3. The minimum absolute atomic E-state index is 0.0555. The summed E-state index contributed by atoms with van der Waals surface area (Å²) in [5, 5.41) is 14.5. The van der Waals surface area contributed by atoms with Crippen LogP contribution in [0.3, 0.4) is 0 Å². The number of nitriles is 1. The number of hydrogen-bond donors (Lipinski definition) is 1. The van der Waals surface area contributed by atoms with E-state index in [4.69, 9.17) is 52.9 Å². The van der Waals surface area contributed by atoms with E-state index in [1.54, 1.807) is 0 Å². The van der Waals surface area contributed by atoms with Gasteiger partial charge in [0.05, 0.1) is 117 Å². The molecule has 1 amide bonds. The molecule has 4 aromatic rings. The molecule has 14 heteroatoms. The highest BCUT2D eigenvalue weighted by Gasteiger charge is 2.60. The number of carbonyl (C=O) groups excluding carboxylic acids is 1. The fourth-order valence-electron chi connectivity index (χ4n) is 13.4. The molecule has 3 fully saturated rings. The Morgan fingerprint density at radius 1 is 0.562 bits per heavy atom. The van der Waals surface area contributed by atoms with Crippen LogP contribution in [-0.2, 0) is 69.1 Å². The van der Waals surface area contributed by atoms with Crippen LogP contribution >= 0.6 is 0 Å². The summed E-state index contributed by atoms with van der Waals surface area (Å²) in [5.41, 5.74) is 4.20. The predicted molar refractivity (Wildman–Crippen MR) is 349 cm³/mol. The van der Waals surface area contributed by atoms with Gasteiger partial charge >= 0.3 is 0 Å². The van der Waals surface area contributed by atoms with Gasteiger partial charge in [-0.3, -0.25) is 19.8 Å². The summed E-state index contributed by atoms with van der Waals surface area (Å²) in [6.45, 7) is 29.4. The molecule has 3 saturated heterocycles. The molecule has 4 aromatic carbocycles. The molecule has 474 valence electrons. The van der Waals surface area contributed by atoms with Crippen LogP contribution in [0.15, 0.2) is 172 Å². The second-order valence-electron chi connectivity index (χ2n) is 29.0. The monoisotopic (exact) mass is 1210 g/mol. The Labute approximate surface area is 529 Å². The zero-order valence-electron chi connectivity index (χ0n) is 54.8. The highest BCUT2D eigenvalue weighted by atomic mass is 16.6. The third-order valence-electron chi connectivity index (χ3n) is 19.0. The topological polar surface area (TPSA) is 164 Å². The molecular formula is C75H95N5O9. The van der Waals surface area contributed by atoms with Crippen LogP contribution in [0.2, 0.25) is 0 Å². The summed E-state index contributed by atoms with van der Waals surface area (Å²) in [6.07, 6.45) is 6.37. The summed E-state index contributed by atoms with van der Waals surface area (Å²) in [5.74, 6) is -0.0555. The molecule has 1 N–H and O–H groups in total. The summed E-state index contributed by atoms with van der Waals surface area (Å²) < 4.78 is 54.9. The van der Waals surface area contributed by atoms with Crippen LogP contribution in [0.5, 0.6) is 0 Å². The van der Waals surface area contributed by atoms with Crippen molar-refractivity contribution in [1.29, 1.82) is 5.26 Å². The first-order chi connectivity index (χ1) is 42.2. The lowest BCUT2D eigenvalue weighted by Gasteiger charge is -2.49. The first-order valence-electron chi connectivity index (χ1n) is 32.1. The normalized spacial score (nSPS) is 33.8. The minimum atomic E-state index is -1.18. The molecule has 0 spiro atoms. The number of carbonyl (C=O) groups is 1. The van der Waals surface area contributed by atoms with Crippen molar-refractivity contribution in [2.45, 2.75) is 221 Å². The van der Waals surface area contributed by atoms with Crippen molar-refractivity contribution < 1.29 is 42.7 Å². The molecule has 0 radical (unpaired) electrons. The molecule has 3 unspecified atom stereocenters. The van der Waals surface area contributed by atoms with Gasteiger partial charge in [0.15, 0.2) is 5.54 Å². The SMILES string of the molecule is C[C@H]1O[C@@H]([C@@]2(C)CC(/C=C3\NC(=O)CC3(C)COC(C)(C)C)=NC/2=C\C2=NC(=C\C3=NC(C)(C#N)[C@@](C)([C@@H]4O[C@H](C)[C@H](OCc5ccccc5)C[C@H]4OCc4ccccc4)C3)/CC2(C)COC(C)(C)C)[C@H](OCc2ccccc2)C[C@H]1OCc1ccccc1. The Bertz CT molecular complexity index is 3350. The van der Waals surface area contributed by atoms with E-state index in [0.717, 1.165) is 56.5 Å². The fraction of sp³-hybridized carbons (Fsp3) is 0.533. The Hall–Kier alpha value is -6.25. The Morgan fingerprint density at radius 2 is 1.01 bits per heavy atom. The van der Waals surface area contributed by atoms with Crippen molar-refractivity contribution >= 4 is 23.0 Å². The number of benzene rings is 4. The van der Waals surface area contributed by atoms with E-state index in [0.29, 0.717) is 78.2 Å². The summed E-state index contributed by atoms with van der Waals surface area (Å²) in [4.78, 5) is 29.9. The van der Waals surface area contributed by atoms with E-state index in [-0.39, 0.29) is 30.3 Å². The van der Waals surface area contributed by atoms with Crippen LogP contribution < -0.4 is 5.32 Å². The van der Waals surface area contributed by atoms with Crippen LogP contribution in [-0.4, -0.2) is 102 Å². The second kappa shape index (κ2) is 26.9. The average molecular weight is 1210 g/mol. The average Bonchev–Trinajstić information content (AvgIpc) is 1.67. The molecule has 89 heavy (non-hydrogen) atoms. The maximum absolute atomic E-state index is 13.4. The summed E-state index contributed by atoms with van der Waals surface area (Å²) in [7, 11) is 0. The van der Waals surface area contributed by atoms with Gasteiger partial charge in [-0.05, 0) is 103 Å². The molecule has 6 aliphatic heterocycles. The number of nitrogens with one attached hydrogen (secondary N) is 1. The number of ether oxygens (including phenoxy) is 8. The van der Waals surface area contributed by atoms with E-state index >= 15 is 0 Å². The summed E-state index contributed by atoms with van der Waals surface area (Å²) >= 11 is 0. The molecular weight excluding hydrogens is 1110 g/mol. The molecule has 0 saturated carbocycles. The number of rotatable bonds is 21. The highest BCUT2D eigenvalue weighted by Crippen LogP contribution is 2.53. The number of amides is 1. The second-order valence-corrected chi connectivity index (χ2v) is 29.0. The molecule has 13 atom stereocenters. The van der Waals surface area contributed by atoms with Gasteiger partial charge in [0.25, 0.3) is 0 Å². The Balaban J connectivity index is 1.02.